The van der Waals surface area contributed by atoms with Crippen molar-refractivity contribution in [3.63, 3.8) is 0 Å². The normalized spacial score (nSPS) is 15.5. The molecule has 2 aromatic rings. The van der Waals surface area contributed by atoms with Gasteiger partial charge in [0.15, 0.2) is 0 Å². The molecule has 0 bridgehead atoms. The van der Waals surface area contributed by atoms with Gasteiger partial charge in [0.25, 0.3) is 0 Å². The van der Waals surface area contributed by atoms with Crippen LogP contribution in [0.4, 0.5) is 11.4 Å². The van der Waals surface area contributed by atoms with E-state index in [1.807, 2.05) is 31.2 Å². The minimum Gasteiger partial charge on any atom is -0.480 e. The molecule has 0 unspecified atom stereocenters. The molecule has 1 saturated heterocycles. The van der Waals surface area contributed by atoms with Gasteiger partial charge in [0.1, 0.15) is 17.9 Å². The van der Waals surface area contributed by atoms with E-state index in [0.29, 0.717) is 128 Å². The number of fused-ring (bicyclic) bond motifs is 2. The van der Waals surface area contributed by atoms with E-state index in [-0.39, 0.29) is 161 Å². The van der Waals surface area contributed by atoms with Crippen molar-refractivity contribution in [2.45, 2.75) is 88.8 Å². The van der Waals surface area contributed by atoms with Crippen LogP contribution in [0.2, 0.25) is 0 Å². The molecule has 7 amide bonds. The number of amidine groups is 1. The number of hydrogen-bond donors (Lipinski definition) is 8. The predicted molar refractivity (Wildman–Crippen MR) is 362 cm³/mol. The van der Waals surface area contributed by atoms with E-state index in [1.165, 1.54) is 50.0 Å². The fourth-order valence-corrected chi connectivity index (χ4v) is 12.7. The summed E-state index contributed by atoms with van der Waals surface area (Å²) < 4.78 is 33.5. The summed E-state index contributed by atoms with van der Waals surface area (Å²) in [6.45, 7) is 7.62. The van der Waals surface area contributed by atoms with Crippen LogP contribution >= 0.6 is 35.3 Å². The van der Waals surface area contributed by atoms with E-state index < -0.39 is 29.4 Å². The van der Waals surface area contributed by atoms with Crippen molar-refractivity contribution in [3.05, 3.63) is 58.4 Å². The third-order valence-electron chi connectivity index (χ3n) is 15.6. The molecular formula is C63H94N12O18S3. The number of amides is 7. The Morgan fingerprint density at radius 3 is 1.72 bits per heavy atom. The van der Waals surface area contributed by atoms with Crippen molar-refractivity contribution >= 4 is 112 Å². The lowest BCUT2D eigenvalue weighted by molar-refractivity contribution is -0.158. The maximum absolute atomic E-state index is 13.9. The fraction of sp³-hybridized carbons (Fsp3) is 0.635. The Balaban J connectivity index is 0.730. The number of carbonyl (C=O) groups is 9. The van der Waals surface area contributed by atoms with E-state index in [2.05, 4.69) is 20.6 Å². The number of thioether (sulfide) groups is 3. The molecule has 2 fully saturated rings. The summed E-state index contributed by atoms with van der Waals surface area (Å²) in [5.41, 5.74) is 21.6. The molecule has 4 heterocycles. The molecule has 532 valence electrons. The number of nitrogens with one attached hydrogen (secondary N) is 2. The number of nitrogens with two attached hydrogens (primary N) is 3. The summed E-state index contributed by atoms with van der Waals surface area (Å²) in [5.74, 6) is -2.43. The van der Waals surface area contributed by atoms with Crippen molar-refractivity contribution in [1.82, 2.24) is 34.8 Å². The van der Waals surface area contributed by atoms with Gasteiger partial charge in [-0.25, -0.2) is 4.99 Å². The van der Waals surface area contributed by atoms with Crippen LogP contribution in [0.15, 0.2) is 41.0 Å². The van der Waals surface area contributed by atoms with Gasteiger partial charge in [-0.1, -0.05) is 19.1 Å². The lowest BCUT2D eigenvalue weighted by atomic mass is 9.92. The van der Waals surface area contributed by atoms with Gasteiger partial charge < -0.3 is 96.1 Å². The number of aliphatic hydroxyl groups is 1. The number of aliphatic imine (C=N–C) groups is 1. The first kappa shape index (κ1) is 78.5. The molecule has 1 aromatic heterocycles. The molecule has 0 spiro atoms. The average Bonchev–Trinajstić information content (AvgIpc) is 1.59. The van der Waals surface area contributed by atoms with Crippen molar-refractivity contribution < 1.29 is 86.9 Å². The summed E-state index contributed by atoms with van der Waals surface area (Å²) in [7, 11) is 0. The number of anilines is 1. The van der Waals surface area contributed by atoms with Gasteiger partial charge in [-0.15, -0.1) is 0 Å². The second-order valence-corrected chi connectivity index (χ2v) is 26.4. The molecule has 1 aliphatic carbocycles. The molecule has 30 nitrogen and oxygen atoms in total. The molecule has 4 aliphatic rings. The van der Waals surface area contributed by atoms with Gasteiger partial charge in [0.05, 0.1) is 141 Å². The van der Waals surface area contributed by atoms with Gasteiger partial charge in [-0.3, -0.25) is 48.1 Å². The lowest BCUT2D eigenvalue weighted by Crippen LogP contribution is -2.59. The van der Waals surface area contributed by atoms with E-state index in [1.54, 1.807) is 22.1 Å². The third-order valence-corrected chi connectivity index (χ3v) is 18.8. The molecule has 1 aromatic carbocycles. The summed E-state index contributed by atoms with van der Waals surface area (Å²) >= 11 is 3.67. The molecule has 33 heteroatoms. The topological polar surface area (TPSA) is 413 Å². The fourth-order valence-electron chi connectivity index (χ4n) is 10.2. The first-order chi connectivity index (χ1) is 46.3. The molecule has 3 aliphatic heterocycles. The standard InChI is InChI=1S/C63H94N12O18S3/c1-2-13-71(15-16-76)59(82)45-32-44-3-4-47(35-52(44)70-53(66)34-45)63(10-11-63)62(87)69-48-33-46-37-72(14-5-51(46)68-36-48)55(78)6-17-88-19-21-90-23-25-92-27-28-93-26-24-91-22-20-89-18-12-67-54(77)40-96-31-9-58(81)75-42-73(56(79)7-29-94-38-49(64)60(83)84)41-74(43-75)57(80)8-30-95-39-50(65)61(85)86/h3-4,32-33,35-36,49-50,76H,2,5-31,34,37-43,64-65H2,1H3,(H2,66,70)(H,67,77)(H,69,87)(H,83,84)(H,85,86)/t49-,50-/m0/s1. The molecule has 1 saturated carbocycles. The number of ether oxygens (including phenoxy) is 6. The number of rotatable bonds is 46. The second kappa shape index (κ2) is 42.3. The number of carboxylic acid groups (broad SMARTS) is 2. The van der Waals surface area contributed by atoms with Crippen LogP contribution in [0.1, 0.15) is 80.7 Å². The molecule has 6 rings (SSSR count). The largest absolute Gasteiger partial charge is 0.480 e. The summed E-state index contributed by atoms with van der Waals surface area (Å²) in [6, 6.07) is 5.39. The number of carboxylic acids is 2. The number of benzene rings is 1. The van der Waals surface area contributed by atoms with Gasteiger partial charge >= 0.3 is 11.9 Å². The van der Waals surface area contributed by atoms with E-state index in [9.17, 15) is 48.3 Å². The van der Waals surface area contributed by atoms with Gasteiger partial charge in [0.2, 0.25) is 41.4 Å². The predicted octanol–water partition coefficient (Wildman–Crippen LogP) is 0.815. The molecule has 2 atom stereocenters. The Kier molecular flexibility index (Phi) is 34.6. The zero-order valence-corrected chi connectivity index (χ0v) is 57.1. The third kappa shape index (κ3) is 26.7. The average molecular weight is 1400 g/mol. The SMILES string of the molecule is CCCN(CCO)C(=O)C1=Cc2ccc(C3(C(=O)Nc4cnc5c(c4)CN(C(=O)CCOCCOCCOCCOCCOCCOCCNC(=O)CSCCC(=O)N4CN(C(=O)CCSC[C@H](N)C(=O)O)CN(C(=O)CCSC[C@H](N)C(=O)O)C4)CC5)CC3)cc2N=C(N)C1. The summed E-state index contributed by atoms with van der Waals surface area (Å²) in [4.78, 5) is 131. The number of carbonyl (C=O) groups excluding carboxylic acids is 7. The molecule has 0 radical (unpaired) electrons. The Morgan fingerprint density at radius 2 is 1.20 bits per heavy atom. The quantitative estimate of drug-likeness (QED) is 0.0425. The lowest BCUT2D eigenvalue weighted by Gasteiger charge is -2.42. The monoisotopic (exact) mass is 1400 g/mol. The van der Waals surface area contributed by atoms with Gasteiger partial charge in [-0.05, 0) is 48.6 Å². The smallest absolute Gasteiger partial charge is 0.321 e. The molecular weight excluding hydrogens is 1310 g/mol. The highest BCUT2D eigenvalue weighted by atomic mass is 32.2. The first-order valence-corrected chi connectivity index (χ1v) is 35.7. The first-order valence-electron chi connectivity index (χ1n) is 32.2. The second-order valence-electron chi connectivity index (χ2n) is 23.0. The Morgan fingerprint density at radius 1 is 0.677 bits per heavy atom. The number of pyridine rings is 1. The van der Waals surface area contributed by atoms with Crippen LogP contribution in [0.25, 0.3) is 6.08 Å². The molecule has 96 heavy (non-hydrogen) atoms. The van der Waals surface area contributed by atoms with Crippen LogP contribution in [0.5, 0.6) is 0 Å². The number of aromatic nitrogens is 1. The van der Waals surface area contributed by atoms with Crippen LogP contribution in [-0.2, 0) is 90.0 Å². The number of aliphatic carboxylic acids is 2. The van der Waals surface area contributed by atoms with Crippen LogP contribution in [0, 0.1) is 0 Å². The van der Waals surface area contributed by atoms with Crippen molar-refractivity contribution in [1.29, 1.82) is 0 Å². The maximum Gasteiger partial charge on any atom is 0.321 e. The number of hydrogen-bond acceptors (Lipinski definition) is 24. The maximum atomic E-state index is 13.9. The van der Waals surface area contributed by atoms with Crippen molar-refractivity contribution in [2.24, 2.45) is 22.2 Å². The summed E-state index contributed by atoms with van der Waals surface area (Å²) in [5, 5.41) is 33.4. The van der Waals surface area contributed by atoms with Crippen LogP contribution < -0.4 is 27.8 Å². The highest BCUT2D eigenvalue weighted by molar-refractivity contribution is 8.00. The minimum absolute atomic E-state index is 0.0312. The Bertz CT molecular complexity index is 2930. The van der Waals surface area contributed by atoms with E-state index in [4.69, 9.17) is 55.8 Å². The van der Waals surface area contributed by atoms with E-state index >= 15 is 0 Å². The highest BCUT2D eigenvalue weighted by Gasteiger charge is 2.51. The van der Waals surface area contributed by atoms with Crippen LogP contribution in [0.3, 0.4) is 0 Å². The van der Waals surface area contributed by atoms with Crippen LogP contribution in [-0.4, -0.2) is 283 Å². The summed E-state index contributed by atoms with van der Waals surface area (Å²) in [6.07, 6.45) is 6.57. The number of nitrogens with zero attached hydrogens (tertiary/aromatic N) is 7. The van der Waals surface area contributed by atoms with E-state index in [0.717, 1.165) is 28.8 Å². The van der Waals surface area contributed by atoms with Crippen molar-refractivity contribution in [2.75, 3.05) is 172 Å². The molecule has 11 N–H and O–H groups in total. The Hall–Kier alpha value is -6.50. The number of aliphatic hydroxyl groups excluding tert-OH is 1. The van der Waals surface area contributed by atoms with Gasteiger partial charge in [0, 0.05) is 110 Å². The minimum atomic E-state index is -1.15. The van der Waals surface area contributed by atoms with Crippen molar-refractivity contribution in [3.8, 4) is 0 Å². The Labute approximate surface area is 572 Å². The van der Waals surface area contributed by atoms with Gasteiger partial charge in [-0.2, -0.15) is 35.3 Å². The highest BCUT2D eigenvalue weighted by Crippen LogP contribution is 2.50. The zero-order chi connectivity index (χ0) is 69.2. The zero-order valence-electron chi connectivity index (χ0n) is 54.6.